The van der Waals surface area contributed by atoms with Gasteiger partial charge in [-0.3, -0.25) is 0 Å². The third-order valence-corrected chi connectivity index (χ3v) is 4.11. The first-order valence-corrected chi connectivity index (χ1v) is 8.49. The fourth-order valence-electron chi connectivity index (χ4n) is 2.51. The third kappa shape index (κ3) is 4.39. The number of hydrogen-bond acceptors (Lipinski definition) is 4. The highest BCUT2D eigenvalue weighted by atomic mass is 35.5. The van der Waals surface area contributed by atoms with Crippen molar-refractivity contribution in [3.05, 3.63) is 58.8 Å². The zero-order chi connectivity index (χ0) is 19.6. The van der Waals surface area contributed by atoms with E-state index >= 15 is 0 Å². The molecule has 142 valence electrons. The fourth-order valence-corrected chi connectivity index (χ4v) is 2.64. The average molecular weight is 397 g/mol. The standard InChI is InChI=1S/C18H16ClF3N4O/c1-3-12-8-23-17(19)25-16(12)27-10-11-4-6-13(7-5-11)15-24-14(9-26(15)2)18(20,21)22/h4-9H,3,10H2,1-2H3. The predicted octanol–water partition coefficient (Wildman–Crippen LogP) is 4.69. The number of nitrogens with zero attached hydrogens (tertiary/aromatic N) is 4. The lowest BCUT2D eigenvalue weighted by Crippen LogP contribution is -2.04. The van der Waals surface area contributed by atoms with Crippen LogP contribution in [0.15, 0.2) is 36.7 Å². The van der Waals surface area contributed by atoms with Gasteiger partial charge < -0.3 is 9.30 Å². The maximum absolute atomic E-state index is 12.8. The molecule has 0 bridgehead atoms. The number of alkyl halides is 3. The minimum atomic E-state index is -4.47. The molecule has 0 fully saturated rings. The molecule has 0 saturated heterocycles. The summed E-state index contributed by atoms with van der Waals surface area (Å²) >= 11 is 5.80. The van der Waals surface area contributed by atoms with Crippen LogP contribution in [0, 0.1) is 0 Å². The van der Waals surface area contributed by atoms with Gasteiger partial charge >= 0.3 is 6.18 Å². The molecule has 2 aromatic heterocycles. The van der Waals surface area contributed by atoms with Crippen molar-refractivity contribution in [1.29, 1.82) is 0 Å². The number of ether oxygens (including phenoxy) is 1. The van der Waals surface area contributed by atoms with E-state index in [0.717, 1.165) is 17.3 Å². The predicted molar refractivity (Wildman–Crippen MR) is 94.4 cm³/mol. The van der Waals surface area contributed by atoms with E-state index in [0.29, 0.717) is 17.9 Å². The molecule has 2 heterocycles. The van der Waals surface area contributed by atoms with Crippen LogP contribution in [0.4, 0.5) is 13.2 Å². The largest absolute Gasteiger partial charge is 0.472 e. The average Bonchev–Trinajstić information content (AvgIpc) is 3.03. The van der Waals surface area contributed by atoms with Crippen molar-refractivity contribution in [2.24, 2.45) is 7.05 Å². The van der Waals surface area contributed by atoms with Crippen LogP contribution in [0.5, 0.6) is 5.88 Å². The highest BCUT2D eigenvalue weighted by Crippen LogP contribution is 2.30. The summed E-state index contributed by atoms with van der Waals surface area (Å²) in [5, 5.41) is 0.104. The summed E-state index contributed by atoms with van der Waals surface area (Å²) in [6, 6.07) is 6.95. The lowest BCUT2D eigenvalue weighted by Gasteiger charge is -2.09. The van der Waals surface area contributed by atoms with Crippen LogP contribution >= 0.6 is 11.6 Å². The van der Waals surface area contributed by atoms with E-state index in [9.17, 15) is 13.2 Å². The van der Waals surface area contributed by atoms with Crippen LogP contribution in [0.1, 0.15) is 23.7 Å². The normalized spacial score (nSPS) is 11.6. The van der Waals surface area contributed by atoms with Gasteiger partial charge in [-0.05, 0) is 23.6 Å². The Hall–Kier alpha value is -2.61. The van der Waals surface area contributed by atoms with Gasteiger partial charge in [-0.15, -0.1) is 0 Å². The summed E-state index contributed by atoms with van der Waals surface area (Å²) in [5.41, 5.74) is 1.33. The highest BCUT2D eigenvalue weighted by Gasteiger charge is 2.34. The zero-order valence-electron chi connectivity index (χ0n) is 14.6. The zero-order valence-corrected chi connectivity index (χ0v) is 15.3. The second-order valence-electron chi connectivity index (χ2n) is 5.87. The molecular formula is C18H16ClF3N4O. The van der Waals surface area contributed by atoms with Crippen molar-refractivity contribution in [2.45, 2.75) is 26.1 Å². The lowest BCUT2D eigenvalue weighted by molar-refractivity contribution is -0.140. The minimum absolute atomic E-state index is 0.104. The van der Waals surface area contributed by atoms with E-state index in [-0.39, 0.29) is 17.7 Å². The number of hydrogen-bond donors (Lipinski definition) is 0. The smallest absolute Gasteiger partial charge is 0.434 e. The quantitative estimate of drug-likeness (QED) is 0.587. The number of benzene rings is 1. The van der Waals surface area contributed by atoms with Gasteiger partial charge in [0.25, 0.3) is 0 Å². The van der Waals surface area contributed by atoms with Gasteiger partial charge in [-0.1, -0.05) is 31.2 Å². The van der Waals surface area contributed by atoms with E-state index in [1.165, 1.54) is 11.6 Å². The molecule has 0 aliphatic rings. The monoisotopic (exact) mass is 396 g/mol. The molecular weight excluding hydrogens is 381 g/mol. The third-order valence-electron chi connectivity index (χ3n) is 3.93. The van der Waals surface area contributed by atoms with Crippen LogP contribution in [0.25, 0.3) is 11.4 Å². The van der Waals surface area contributed by atoms with Gasteiger partial charge in [0.05, 0.1) is 0 Å². The minimum Gasteiger partial charge on any atom is -0.472 e. The molecule has 1 aromatic carbocycles. The van der Waals surface area contributed by atoms with Crippen molar-refractivity contribution in [3.8, 4) is 17.3 Å². The Kier molecular flexibility index (Phi) is 5.36. The Morgan fingerprint density at radius 1 is 1.15 bits per heavy atom. The van der Waals surface area contributed by atoms with Gasteiger partial charge in [0.15, 0.2) is 5.69 Å². The van der Waals surface area contributed by atoms with E-state index in [4.69, 9.17) is 16.3 Å². The summed E-state index contributed by atoms with van der Waals surface area (Å²) in [7, 11) is 1.53. The molecule has 3 aromatic rings. The maximum atomic E-state index is 12.8. The molecule has 5 nitrogen and oxygen atoms in total. The van der Waals surface area contributed by atoms with Crippen LogP contribution in [0.3, 0.4) is 0 Å². The van der Waals surface area contributed by atoms with Crippen molar-refractivity contribution in [3.63, 3.8) is 0 Å². The molecule has 0 spiro atoms. The van der Waals surface area contributed by atoms with Crippen molar-refractivity contribution < 1.29 is 17.9 Å². The van der Waals surface area contributed by atoms with Gasteiger partial charge in [-0.2, -0.15) is 18.2 Å². The van der Waals surface area contributed by atoms with Gasteiger partial charge in [-0.25, -0.2) is 9.97 Å². The Morgan fingerprint density at radius 3 is 2.44 bits per heavy atom. The van der Waals surface area contributed by atoms with Crippen molar-refractivity contribution in [2.75, 3.05) is 0 Å². The van der Waals surface area contributed by atoms with Crippen molar-refractivity contribution in [1.82, 2.24) is 19.5 Å². The first kappa shape index (κ1) is 19.2. The summed E-state index contributed by atoms with van der Waals surface area (Å²) in [6.45, 7) is 2.20. The van der Waals surface area contributed by atoms with Crippen molar-refractivity contribution >= 4 is 11.6 Å². The van der Waals surface area contributed by atoms with Crippen LogP contribution in [-0.2, 0) is 26.3 Å². The second kappa shape index (κ2) is 7.56. The van der Waals surface area contributed by atoms with Crippen LogP contribution in [0.2, 0.25) is 5.28 Å². The Morgan fingerprint density at radius 2 is 1.85 bits per heavy atom. The Labute approximate surface area is 158 Å². The molecule has 27 heavy (non-hydrogen) atoms. The summed E-state index contributed by atoms with van der Waals surface area (Å²) in [6.07, 6.45) is -1.18. The van der Waals surface area contributed by atoms with E-state index < -0.39 is 11.9 Å². The lowest BCUT2D eigenvalue weighted by atomic mass is 10.1. The number of aromatic nitrogens is 4. The highest BCUT2D eigenvalue weighted by molar-refractivity contribution is 6.28. The summed E-state index contributed by atoms with van der Waals surface area (Å²) < 4.78 is 45.5. The molecule has 3 rings (SSSR count). The molecule has 0 N–H and O–H groups in total. The first-order valence-electron chi connectivity index (χ1n) is 8.12. The van der Waals surface area contributed by atoms with Crippen LogP contribution < -0.4 is 4.74 Å². The first-order chi connectivity index (χ1) is 12.8. The number of rotatable bonds is 5. The summed E-state index contributed by atoms with van der Waals surface area (Å²) in [5.74, 6) is 0.658. The molecule has 0 unspecified atom stereocenters. The molecule has 0 saturated carbocycles. The van der Waals surface area contributed by atoms with Gasteiger partial charge in [0.1, 0.15) is 12.4 Å². The Balaban J connectivity index is 1.75. The number of halogens is 4. The Bertz CT molecular complexity index is 939. The molecule has 0 aliphatic carbocycles. The van der Waals surface area contributed by atoms with Gasteiger partial charge in [0.2, 0.25) is 11.2 Å². The van der Waals surface area contributed by atoms with E-state index in [1.54, 1.807) is 30.5 Å². The number of imidazole rings is 1. The molecule has 0 radical (unpaired) electrons. The van der Waals surface area contributed by atoms with E-state index in [1.807, 2.05) is 6.92 Å². The molecule has 0 amide bonds. The molecule has 0 aliphatic heterocycles. The topological polar surface area (TPSA) is 52.8 Å². The summed E-state index contributed by atoms with van der Waals surface area (Å²) in [4.78, 5) is 11.7. The molecule has 9 heteroatoms. The number of aryl methyl sites for hydroxylation is 2. The van der Waals surface area contributed by atoms with Crippen LogP contribution in [-0.4, -0.2) is 19.5 Å². The maximum Gasteiger partial charge on any atom is 0.434 e. The SMILES string of the molecule is CCc1cnc(Cl)nc1OCc1ccc(-c2nc(C(F)(F)F)cn2C)cc1. The fraction of sp³-hybridized carbons (Fsp3) is 0.278. The molecule has 0 atom stereocenters. The second-order valence-corrected chi connectivity index (χ2v) is 6.21. The van der Waals surface area contributed by atoms with E-state index in [2.05, 4.69) is 15.0 Å². The van der Waals surface area contributed by atoms with Gasteiger partial charge in [0, 0.05) is 30.6 Å².